The lowest BCUT2D eigenvalue weighted by atomic mass is 9.85. The molecule has 0 bridgehead atoms. The van der Waals surface area contributed by atoms with Gasteiger partial charge in [-0.05, 0) is 87.7 Å². The molecular weight excluding hydrogens is 517 g/mol. The van der Waals surface area contributed by atoms with E-state index in [1.807, 2.05) is 19.1 Å². The summed E-state index contributed by atoms with van der Waals surface area (Å²) in [6.45, 7) is 5.69. The molecule has 8 nitrogen and oxygen atoms in total. The Labute approximate surface area is 229 Å². The predicted molar refractivity (Wildman–Crippen MR) is 150 cm³/mol. The number of nitrogens with one attached hydrogen (secondary N) is 2. The largest absolute Gasteiger partial charge is 0.354 e. The van der Waals surface area contributed by atoms with E-state index in [9.17, 15) is 17.6 Å². The van der Waals surface area contributed by atoms with Crippen LogP contribution in [0.1, 0.15) is 44.2 Å². The van der Waals surface area contributed by atoms with Crippen molar-refractivity contribution >= 4 is 32.7 Å². The number of carbonyl (C=O) groups excluding carboxylic acids is 1. The highest BCUT2D eigenvalue weighted by atomic mass is 32.2. The molecule has 208 valence electrons. The zero-order chi connectivity index (χ0) is 27.6. The van der Waals surface area contributed by atoms with Gasteiger partial charge >= 0.3 is 0 Å². The van der Waals surface area contributed by atoms with Gasteiger partial charge in [0.1, 0.15) is 11.6 Å². The van der Waals surface area contributed by atoms with Gasteiger partial charge in [-0.15, -0.1) is 0 Å². The number of likely N-dealkylation sites (N-methyl/N-ethyl adjacent to an activating group) is 1. The van der Waals surface area contributed by atoms with Gasteiger partial charge in [0.2, 0.25) is 15.9 Å². The molecule has 1 aromatic heterocycles. The van der Waals surface area contributed by atoms with Crippen LogP contribution in [0.5, 0.6) is 0 Å². The number of aromatic nitrogens is 1. The normalized spacial score (nSPS) is 21.6. The lowest BCUT2D eigenvalue weighted by Gasteiger charge is -2.33. The predicted octanol–water partition coefficient (Wildman–Crippen LogP) is 3.84. The van der Waals surface area contributed by atoms with Crippen LogP contribution in [0.15, 0.2) is 59.5 Å². The number of amides is 1. The van der Waals surface area contributed by atoms with Crippen LogP contribution < -0.4 is 14.9 Å². The Hall–Kier alpha value is -3.08. The number of piperazine rings is 1. The maximum Gasteiger partial charge on any atom is 0.240 e. The first-order valence-electron chi connectivity index (χ1n) is 13.6. The van der Waals surface area contributed by atoms with Gasteiger partial charge in [0, 0.05) is 43.5 Å². The molecule has 1 saturated heterocycles. The van der Waals surface area contributed by atoms with E-state index in [4.69, 9.17) is 4.98 Å². The summed E-state index contributed by atoms with van der Waals surface area (Å²) in [4.78, 5) is 22.3. The maximum atomic E-state index is 13.2. The molecule has 1 aliphatic heterocycles. The number of hydrogen-bond donors (Lipinski definition) is 2. The van der Waals surface area contributed by atoms with Gasteiger partial charge in [-0.2, -0.15) is 0 Å². The van der Waals surface area contributed by atoms with Gasteiger partial charge in [-0.1, -0.05) is 12.1 Å². The van der Waals surface area contributed by atoms with E-state index in [1.165, 1.54) is 12.1 Å². The minimum atomic E-state index is -3.71. The summed E-state index contributed by atoms with van der Waals surface area (Å²) in [5.41, 5.74) is 1.61. The molecule has 2 N–H and O–H groups in total. The fourth-order valence-electron chi connectivity index (χ4n) is 5.40. The van der Waals surface area contributed by atoms with Crippen molar-refractivity contribution < 1.29 is 17.6 Å². The molecule has 0 radical (unpaired) electrons. The Morgan fingerprint density at radius 2 is 1.67 bits per heavy atom. The van der Waals surface area contributed by atoms with Crippen molar-refractivity contribution in [2.45, 2.75) is 49.6 Å². The molecule has 10 heteroatoms. The fourth-order valence-corrected chi connectivity index (χ4v) is 6.74. The minimum Gasteiger partial charge on any atom is -0.354 e. The van der Waals surface area contributed by atoms with E-state index >= 15 is 0 Å². The van der Waals surface area contributed by atoms with E-state index in [2.05, 4.69) is 26.9 Å². The highest BCUT2D eigenvalue weighted by Crippen LogP contribution is 2.28. The summed E-state index contributed by atoms with van der Waals surface area (Å²) in [5.74, 6) is 0.381. The van der Waals surface area contributed by atoms with Crippen LogP contribution in [0.4, 0.5) is 10.2 Å². The van der Waals surface area contributed by atoms with Crippen molar-refractivity contribution in [1.82, 2.24) is 19.9 Å². The Balaban J connectivity index is 1.16. The summed E-state index contributed by atoms with van der Waals surface area (Å²) >= 11 is 0. The smallest absolute Gasteiger partial charge is 0.240 e. The molecule has 2 aliphatic rings. The first-order chi connectivity index (χ1) is 18.7. The zero-order valence-electron chi connectivity index (χ0n) is 22.4. The molecule has 1 amide bonds. The number of nitrogens with zero attached hydrogens (tertiary/aromatic N) is 3. The fraction of sp³-hybridized carbons (Fsp3) is 0.448. The van der Waals surface area contributed by atoms with Crippen molar-refractivity contribution in [3.63, 3.8) is 0 Å². The van der Waals surface area contributed by atoms with Crippen molar-refractivity contribution in [3.05, 3.63) is 66.0 Å². The zero-order valence-corrected chi connectivity index (χ0v) is 23.3. The molecule has 2 fully saturated rings. The van der Waals surface area contributed by atoms with Gasteiger partial charge in [-0.25, -0.2) is 22.5 Å². The SMILES string of the molecule is C[C@@H](NC(=O)[C@H]1CC[C@H](NS(=O)(=O)c2ccc3nc(N4CCN(C)CC4)ccc3c2)CC1)c1ccc(F)cc1. The highest BCUT2D eigenvalue weighted by Gasteiger charge is 2.30. The number of sulfonamides is 1. The van der Waals surface area contributed by atoms with Crippen LogP contribution in [0.3, 0.4) is 0 Å². The lowest BCUT2D eigenvalue weighted by Crippen LogP contribution is -2.44. The molecule has 39 heavy (non-hydrogen) atoms. The number of hydrogen-bond acceptors (Lipinski definition) is 6. The quantitative estimate of drug-likeness (QED) is 0.462. The monoisotopic (exact) mass is 553 g/mol. The number of fused-ring (bicyclic) bond motifs is 1. The van der Waals surface area contributed by atoms with Crippen LogP contribution in [-0.2, 0) is 14.8 Å². The second-order valence-electron chi connectivity index (χ2n) is 10.8. The number of carbonyl (C=O) groups is 1. The van der Waals surface area contributed by atoms with Crippen LogP contribution in [0.2, 0.25) is 0 Å². The van der Waals surface area contributed by atoms with E-state index in [1.54, 1.807) is 30.3 Å². The third-order valence-electron chi connectivity index (χ3n) is 7.93. The first-order valence-corrected chi connectivity index (χ1v) is 15.1. The van der Waals surface area contributed by atoms with E-state index < -0.39 is 10.0 Å². The average Bonchev–Trinajstić information content (AvgIpc) is 2.93. The molecule has 1 aliphatic carbocycles. The molecule has 1 saturated carbocycles. The van der Waals surface area contributed by atoms with Crippen molar-refractivity contribution in [2.24, 2.45) is 5.92 Å². The molecule has 5 rings (SSSR count). The van der Waals surface area contributed by atoms with Gasteiger partial charge < -0.3 is 15.1 Å². The van der Waals surface area contributed by atoms with Crippen LogP contribution in [-0.4, -0.2) is 63.5 Å². The van der Waals surface area contributed by atoms with E-state index in [0.717, 1.165) is 48.5 Å². The summed E-state index contributed by atoms with van der Waals surface area (Å²) in [6, 6.07) is 14.6. The van der Waals surface area contributed by atoms with Crippen molar-refractivity contribution in [3.8, 4) is 0 Å². The summed E-state index contributed by atoms with van der Waals surface area (Å²) in [7, 11) is -1.60. The lowest BCUT2D eigenvalue weighted by molar-refractivity contribution is -0.126. The summed E-state index contributed by atoms with van der Waals surface area (Å²) < 4.78 is 42.4. The molecule has 2 heterocycles. The maximum absolute atomic E-state index is 13.2. The van der Waals surface area contributed by atoms with E-state index in [0.29, 0.717) is 25.7 Å². The van der Waals surface area contributed by atoms with Crippen molar-refractivity contribution in [2.75, 3.05) is 38.1 Å². The number of anilines is 1. The number of halogens is 1. The second-order valence-corrected chi connectivity index (χ2v) is 12.5. The molecule has 0 unspecified atom stereocenters. The summed E-state index contributed by atoms with van der Waals surface area (Å²) in [5, 5.41) is 3.79. The van der Waals surface area contributed by atoms with Gasteiger partial charge in [-0.3, -0.25) is 4.79 Å². The van der Waals surface area contributed by atoms with Crippen LogP contribution in [0, 0.1) is 11.7 Å². The molecule has 3 aromatic rings. The number of pyridine rings is 1. The van der Waals surface area contributed by atoms with Gasteiger partial charge in [0.05, 0.1) is 16.5 Å². The second kappa shape index (κ2) is 11.6. The van der Waals surface area contributed by atoms with Gasteiger partial charge in [0.25, 0.3) is 0 Å². The van der Waals surface area contributed by atoms with Gasteiger partial charge in [0.15, 0.2) is 0 Å². The van der Waals surface area contributed by atoms with Crippen LogP contribution >= 0.6 is 0 Å². The van der Waals surface area contributed by atoms with Crippen molar-refractivity contribution in [1.29, 1.82) is 0 Å². The van der Waals surface area contributed by atoms with Crippen LogP contribution in [0.25, 0.3) is 10.9 Å². The number of rotatable bonds is 7. The Morgan fingerprint density at radius 1 is 0.974 bits per heavy atom. The molecule has 1 atom stereocenters. The average molecular weight is 554 g/mol. The molecule has 0 spiro atoms. The minimum absolute atomic E-state index is 0.0499. The standard InChI is InChI=1S/C29H36FN5O3S/c1-20(21-3-8-24(30)9-4-21)31-29(36)22-5-10-25(11-6-22)33-39(37,38)26-12-13-27-23(19-26)7-14-28(32-27)35-17-15-34(2)16-18-35/h3-4,7-9,12-14,19-20,22,25,33H,5-6,10-11,15-18H2,1-2H3,(H,31,36)/t20-,22-,25-/m1/s1. The van der Waals surface area contributed by atoms with E-state index in [-0.39, 0.29) is 34.6 Å². The Bertz CT molecular complexity index is 1420. The molecule has 2 aromatic carbocycles. The summed E-state index contributed by atoms with van der Waals surface area (Å²) in [6.07, 6.45) is 2.38. The third kappa shape index (κ3) is 6.57. The third-order valence-corrected chi connectivity index (χ3v) is 9.45. The first kappa shape index (κ1) is 27.5. The molecular formula is C29H36FN5O3S. The topological polar surface area (TPSA) is 94.6 Å². The Morgan fingerprint density at radius 3 is 2.36 bits per heavy atom. The number of benzene rings is 2. The highest BCUT2D eigenvalue weighted by molar-refractivity contribution is 7.89. The Kier molecular flexibility index (Phi) is 8.16.